The molecule has 1 aliphatic rings. The van der Waals surface area contributed by atoms with Crippen molar-refractivity contribution in [2.24, 2.45) is 0 Å². The Morgan fingerprint density at radius 1 is 1.62 bits per heavy atom. The summed E-state index contributed by atoms with van der Waals surface area (Å²) >= 11 is 7.48. The lowest BCUT2D eigenvalue weighted by Gasteiger charge is -2.19. The molecule has 1 aliphatic carbocycles. The van der Waals surface area contributed by atoms with E-state index in [9.17, 15) is 0 Å². The summed E-state index contributed by atoms with van der Waals surface area (Å²) in [5.41, 5.74) is 1.89. The van der Waals surface area contributed by atoms with E-state index in [2.05, 4.69) is 9.88 Å². The zero-order valence-corrected chi connectivity index (χ0v) is 9.02. The number of hydrogen-bond donors (Lipinski definition) is 0. The van der Waals surface area contributed by atoms with E-state index in [4.69, 9.17) is 11.6 Å². The van der Waals surface area contributed by atoms with Crippen molar-refractivity contribution in [2.75, 3.05) is 12.4 Å². The van der Waals surface area contributed by atoms with E-state index in [1.165, 1.54) is 17.7 Å². The molecule has 0 bridgehead atoms. The quantitative estimate of drug-likeness (QED) is 0.703. The number of halogens is 1. The molecule has 72 valence electrons. The molecule has 1 aromatic heterocycles. The van der Waals surface area contributed by atoms with E-state index in [1.807, 2.05) is 11.7 Å². The molecule has 0 atom stereocenters. The van der Waals surface area contributed by atoms with Gasteiger partial charge in [-0.1, -0.05) is 0 Å². The SMILES string of the molecule is ClCCN(Cc1cncs1)C1CC1. The van der Waals surface area contributed by atoms with Gasteiger partial charge in [-0.25, -0.2) is 0 Å². The fourth-order valence-corrected chi connectivity index (χ4v) is 2.30. The van der Waals surface area contributed by atoms with Crippen LogP contribution in [0.15, 0.2) is 11.7 Å². The zero-order chi connectivity index (χ0) is 9.10. The van der Waals surface area contributed by atoms with Crippen molar-refractivity contribution < 1.29 is 0 Å². The fourth-order valence-electron chi connectivity index (χ4n) is 1.46. The molecule has 0 N–H and O–H groups in total. The molecule has 1 heterocycles. The lowest BCUT2D eigenvalue weighted by molar-refractivity contribution is 0.273. The average Bonchev–Trinajstić information content (AvgIpc) is 2.85. The van der Waals surface area contributed by atoms with Gasteiger partial charge in [0.25, 0.3) is 0 Å². The molecule has 2 rings (SSSR count). The van der Waals surface area contributed by atoms with E-state index in [-0.39, 0.29) is 0 Å². The summed E-state index contributed by atoms with van der Waals surface area (Å²) in [7, 11) is 0. The van der Waals surface area contributed by atoms with Crippen LogP contribution < -0.4 is 0 Å². The number of aromatic nitrogens is 1. The summed E-state index contributed by atoms with van der Waals surface area (Å²) in [5, 5.41) is 0. The highest BCUT2D eigenvalue weighted by Gasteiger charge is 2.28. The largest absolute Gasteiger partial charge is 0.294 e. The highest BCUT2D eigenvalue weighted by Crippen LogP contribution is 2.28. The monoisotopic (exact) mass is 216 g/mol. The summed E-state index contributed by atoms with van der Waals surface area (Å²) in [4.78, 5) is 7.88. The van der Waals surface area contributed by atoms with Gasteiger partial charge in [-0.15, -0.1) is 22.9 Å². The third kappa shape index (κ3) is 2.66. The Labute approximate surface area is 87.5 Å². The first kappa shape index (κ1) is 9.44. The second kappa shape index (κ2) is 4.40. The summed E-state index contributed by atoms with van der Waals surface area (Å²) in [6.07, 6.45) is 4.64. The number of thiazole rings is 1. The molecular weight excluding hydrogens is 204 g/mol. The van der Waals surface area contributed by atoms with Gasteiger partial charge in [-0.05, 0) is 12.8 Å². The Hall–Kier alpha value is -0.120. The Balaban J connectivity index is 1.89. The van der Waals surface area contributed by atoms with Crippen LogP contribution in [0, 0.1) is 0 Å². The van der Waals surface area contributed by atoms with Crippen LogP contribution in [0.5, 0.6) is 0 Å². The maximum Gasteiger partial charge on any atom is 0.0794 e. The van der Waals surface area contributed by atoms with Gasteiger partial charge < -0.3 is 0 Å². The Morgan fingerprint density at radius 3 is 3.00 bits per heavy atom. The lowest BCUT2D eigenvalue weighted by atomic mass is 10.4. The Kier molecular flexibility index (Phi) is 3.19. The van der Waals surface area contributed by atoms with Gasteiger partial charge >= 0.3 is 0 Å². The minimum absolute atomic E-state index is 0.731. The summed E-state index contributed by atoms with van der Waals surface area (Å²) < 4.78 is 0. The molecule has 2 nitrogen and oxygen atoms in total. The van der Waals surface area contributed by atoms with Crippen LogP contribution in [0.1, 0.15) is 17.7 Å². The van der Waals surface area contributed by atoms with E-state index < -0.39 is 0 Å². The highest BCUT2D eigenvalue weighted by atomic mass is 35.5. The van der Waals surface area contributed by atoms with Crippen molar-refractivity contribution in [3.05, 3.63) is 16.6 Å². The van der Waals surface area contributed by atoms with Crippen molar-refractivity contribution >= 4 is 22.9 Å². The molecule has 1 aromatic rings. The van der Waals surface area contributed by atoms with E-state index >= 15 is 0 Å². The number of rotatable bonds is 5. The predicted molar refractivity (Wildman–Crippen MR) is 56.3 cm³/mol. The van der Waals surface area contributed by atoms with Gasteiger partial charge in [-0.2, -0.15) is 0 Å². The first-order valence-electron chi connectivity index (χ1n) is 4.57. The van der Waals surface area contributed by atoms with Crippen LogP contribution in [0.3, 0.4) is 0 Å². The number of hydrogen-bond acceptors (Lipinski definition) is 3. The molecule has 0 radical (unpaired) electrons. The van der Waals surface area contributed by atoms with Gasteiger partial charge in [0.1, 0.15) is 0 Å². The van der Waals surface area contributed by atoms with Crippen LogP contribution in [0.2, 0.25) is 0 Å². The number of alkyl halides is 1. The predicted octanol–water partition coefficient (Wildman–Crippen LogP) is 2.35. The lowest BCUT2D eigenvalue weighted by Crippen LogP contribution is -2.27. The second-order valence-electron chi connectivity index (χ2n) is 3.36. The molecule has 0 aliphatic heterocycles. The first-order valence-corrected chi connectivity index (χ1v) is 5.99. The summed E-state index contributed by atoms with van der Waals surface area (Å²) in [5.74, 6) is 0.731. The Morgan fingerprint density at radius 2 is 2.46 bits per heavy atom. The van der Waals surface area contributed by atoms with E-state index in [0.29, 0.717) is 0 Å². The van der Waals surface area contributed by atoms with Gasteiger partial charge in [0.05, 0.1) is 5.51 Å². The van der Waals surface area contributed by atoms with Crippen molar-refractivity contribution in [3.63, 3.8) is 0 Å². The molecule has 1 fully saturated rings. The highest BCUT2D eigenvalue weighted by molar-refractivity contribution is 7.09. The standard InChI is InChI=1S/C9H13ClN2S/c10-3-4-12(8-1-2-8)6-9-5-11-7-13-9/h5,7-8H,1-4,6H2. The van der Waals surface area contributed by atoms with Crippen LogP contribution in [-0.4, -0.2) is 28.4 Å². The Bertz CT molecular complexity index is 246. The van der Waals surface area contributed by atoms with E-state index in [1.54, 1.807) is 11.3 Å². The second-order valence-corrected chi connectivity index (χ2v) is 4.71. The third-order valence-electron chi connectivity index (χ3n) is 2.28. The normalized spacial score (nSPS) is 16.8. The third-order valence-corrected chi connectivity index (χ3v) is 3.21. The van der Waals surface area contributed by atoms with Crippen LogP contribution in [-0.2, 0) is 6.54 Å². The number of nitrogens with zero attached hydrogens (tertiary/aromatic N) is 2. The first-order chi connectivity index (χ1) is 6.40. The topological polar surface area (TPSA) is 16.1 Å². The fraction of sp³-hybridized carbons (Fsp3) is 0.667. The molecule has 0 aromatic carbocycles. The molecule has 0 unspecified atom stereocenters. The van der Waals surface area contributed by atoms with Crippen molar-refractivity contribution in [1.29, 1.82) is 0 Å². The van der Waals surface area contributed by atoms with Crippen LogP contribution in [0.25, 0.3) is 0 Å². The molecule has 1 saturated carbocycles. The molecule has 13 heavy (non-hydrogen) atoms. The van der Waals surface area contributed by atoms with Gasteiger partial charge in [0, 0.05) is 36.1 Å². The zero-order valence-electron chi connectivity index (χ0n) is 7.45. The van der Waals surface area contributed by atoms with Crippen molar-refractivity contribution in [2.45, 2.75) is 25.4 Å². The minimum Gasteiger partial charge on any atom is -0.294 e. The molecule has 0 amide bonds. The van der Waals surface area contributed by atoms with Gasteiger partial charge in [-0.3, -0.25) is 9.88 Å². The molecule has 0 saturated heterocycles. The van der Waals surface area contributed by atoms with Gasteiger partial charge in [0.2, 0.25) is 0 Å². The smallest absolute Gasteiger partial charge is 0.0794 e. The maximum atomic E-state index is 5.75. The molecular formula is C9H13ClN2S. The van der Waals surface area contributed by atoms with Crippen molar-refractivity contribution in [1.82, 2.24) is 9.88 Å². The van der Waals surface area contributed by atoms with E-state index in [0.717, 1.165) is 25.0 Å². The average molecular weight is 217 g/mol. The van der Waals surface area contributed by atoms with Gasteiger partial charge in [0.15, 0.2) is 0 Å². The summed E-state index contributed by atoms with van der Waals surface area (Å²) in [6.45, 7) is 2.03. The molecule has 0 spiro atoms. The van der Waals surface area contributed by atoms with Crippen LogP contribution >= 0.6 is 22.9 Å². The minimum atomic E-state index is 0.731. The maximum absolute atomic E-state index is 5.75. The summed E-state index contributed by atoms with van der Waals surface area (Å²) in [6, 6.07) is 0.792. The van der Waals surface area contributed by atoms with Crippen molar-refractivity contribution in [3.8, 4) is 0 Å². The molecule has 4 heteroatoms. The van der Waals surface area contributed by atoms with Crippen LogP contribution in [0.4, 0.5) is 0 Å².